The molecule has 0 saturated carbocycles. The second kappa shape index (κ2) is 8.15. The molecule has 0 aliphatic carbocycles. The van der Waals surface area contributed by atoms with E-state index >= 15 is 0 Å². The van der Waals surface area contributed by atoms with Crippen molar-refractivity contribution >= 4 is 48.3 Å². The highest BCUT2D eigenvalue weighted by Gasteiger charge is 2.53. The van der Waals surface area contributed by atoms with Gasteiger partial charge in [0.15, 0.2) is 0 Å². The molecule has 0 radical (unpaired) electrons. The molecule has 0 atom stereocenters. The highest BCUT2D eigenvalue weighted by atomic mass is 32.2. The zero-order valence-electron chi connectivity index (χ0n) is 18.9. The first-order valence-electron chi connectivity index (χ1n) is 10.0. The second-order valence-electron chi connectivity index (χ2n) is 9.55. The van der Waals surface area contributed by atoms with Gasteiger partial charge in [-0.1, -0.05) is 0 Å². The van der Waals surface area contributed by atoms with Crippen LogP contribution >= 0.6 is 23.4 Å². The minimum atomic E-state index is -0.936. The second-order valence-corrected chi connectivity index (χ2v) is 11.7. The fraction of sp³-hybridized carbons (Fsp3) is 0.545. The monoisotopic (exact) mass is 450 g/mol. The number of hydrogen-bond acceptors (Lipinski definition) is 7. The zero-order valence-corrected chi connectivity index (χ0v) is 20.6. The molecule has 1 aliphatic rings. The topological polar surface area (TPSA) is 61.1 Å². The molecule has 1 N–H and O–H groups in total. The summed E-state index contributed by atoms with van der Waals surface area (Å²) in [5.41, 5.74) is -1.73. The molecule has 0 amide bonds. The van der Waals surface area contributed by atoms with Gasteiger partial charge in [0.2, 0.25) is 0 Å². The Morgan fingerprint density at radius 3 is 2.23 bits per heavy atom. The number of rotatable bonds is 7. The summed E-state index contributed by atoms with van der Waals surface area (Å²) in [6.07, 6.45) is 3.93. The van der Waals surface area contributed by atoms with E-state index in [4.69, 9.17) is 17.9 Å². The predicted molar refractivity (Wildman–Crippen MR) is 125 cm³/mol. The third kappa shape index (κ3) is 5.06. The van der Waals surface area contributed by atoms with Crippen LogP contribution in [0.2, 0.25) is 0 Å². The van der Waals surface area contributed by atoms with Crippen LogP contribution in [0.4, 0.5) is 0 Å². The summed E-state index contributed by atoms with van der Waals surface area (Å²) in [5, 5.41) is 10.2. The minimum absolute atomic E-state index is 0.395. The first-order chi connectivity index (χ1) is 13.7. The van der Waals surface area contributed by atoms with Crippen LogP contribution in [0.15, 0.2) is 32.9 Å². The maximum absolute atomic E-state index is 10.2. The highest BCUT2D eigenvalue weighted by Crippen LogP contribution is 2.37. The molecule has 1 fully saturated rings. The maximum atomic E-state index is 10.2. The van der Waals surface area contributed by atoms with Gasteiger partial charge in [-0.25, -0.2) is 0 Å². The van der Waals surface area contributed by atoms with Gasteiger partial charge in [0.25, 0.3) is 0 Å². The average molecular weight is 450 g/mol. The van der Waals surface area contributed by atoms with Crippen LogP contribution in [0.25, 0.3) is 12.2 Å². The fourth-order valence-corrected chi connectivity index (χ4v) is 4.21. The van der Waals surface area contributed by atoms with Crippen LogP contribution in [0.5, 0.6) is 0 Å². The Bertz CT molecular complexity index is 889. The molecule has 1 aliphatic heterocycles. The quantitative estimate of drug-likeness (QED) is 0.451. The van der Waals surface area contributed by atoms with Crippen LogP contribution in [-0.4, -0.2) is 34.6 Å². The number of furan rings is 1. The summed E-state index contributed by atoms with van der Waals surface area (Å²) in [6, 6.07) is 7.84. The summed E-state index contributed by atoms with van der Waals surface area (Å²) >= 11 is 2.90. The minimum Gasteiger partial charge on any atom is -0.465 e. The molecule has 0 spiro atoms. The fourth-order valence-electron chi connectivity index (χ4n) is 2.42. The van der Waals surface area contributed by atoms with E-state index in [2.05, 4.69) is 0 Å². The van der Waals surface area contributed by atoms with E-state index in [-0.39, 0.29) is 0 Å². The van der Waals surface area contributed by atoms with Gasteiger partial charge in [0, 0.05) is 16.9 Å². The lowest BCUT2D eigenvalue weighted by molar-refractivity contribution is -0.0813. The summed E-state index contributed by atoms with van der Waals surface area (Å²) in [4.78, 5) is 1.08. The molecule has 1 saturated heterocycles. The Labute approximate surface area is 188 Å². The lowest BCUT2D eigenvalue weighted by Gasteiger charge is -2.35. The lowest BCUT2D eigenvalue weighted by atomic mass is 9.86. The van der Waals surface area contributed by atoms with E-state index in [0.29, 0.717) is 5.66 Å². The summed E-state index contributed by atoms with van der Waals surface area (Å²) in [7, 11) is -0.502. The lowest BCUT2D eigenvalue weighted by Crippen LogP contribution is -2.45. The van der Waals surface area contributed by atoms with Gasteiger partial charge in [-0.15, -0.1) is 11.3 Å². The van der Waals surface area contributed by atoms with Crippen molar-refractivity contribution in [3.63, 3.8) is 0 Å². The first-order valence-corrected chi connectivity index (χ1v) is 11.6. The Morgan fingerprint density at radius 1 is 1.00 bits per heavy atom. The molecule has 2 aromatic rings. The van der Waals surface area contributed by atoms with Crippen molar-refractivity contribution in [1.82, 2.24) is 0 Å². The third-order valence-corrected chi connectivity index (χ3v) is 8.05. The van der Waals surface area contributed by atoms with Crippen molar-refractivity contribution < 1.29 is 23.0 Å². The van der Waals surface area contributed by atoms with Gasteiger partial charge in [0.05, 0.1) is 21.0 Å². The average Bonchev–Trinajstić information content (AvgIpc) is 3.29. The SMILES string of the molecule is CC(C)(O)C(C)(C)OSc1ccc(/C=C/c2ccc(B3OC(C)(C)C(C)(C)O3)o2)s1. The van der Waals surface area contributed by atoms with Crippen LogP contribution in [0.1, 0.15) is 66.0 Å². The van der Waals surface area contributed by atoms with E-state index in [1.807, 2.05) is 78.0 Å². The molecular weight excluding hydrogens is 419 g/mol. The van der Waals surface area contributed by atoms with Crippen molar-refractivity contribution in [2.75, 3.05) is 0 Å². The molecule has 5 nitrogen and oxygen atoms in total. The molecule has 164 valence electrons. The Hall–Kier alpha value is -1.03. The van der Waals surface area contributed by atoms with Crippen molar-refractivity contribution in [2.45, 2.75) is 82.0 Å². The maximum Gasteiger partial charge on any atom is 0.532 e. The Balaban J connectivity index is 1.60. The van der Waals surface area contributed by atoms with Gasteiger partial charge in [0.1, 0.15) is 17.0 Å². The first kappa shape index (κ1) is 23.6. The number of thiophene rings is 1. The zero-order chi connectivity index (χ0) is 22.4. The predicted octanol–water partition coefficient (Wildman–Crippen LogP) is 5.38. The molecule has 30 heavy (non-hydrogen) atoms. The van der Waals surface area contributed by atoms with Crippen LogP contribution in [-0.2, 0) is 13.5 Å². The van der Waals surface area contributed by atoms with Crippen molar-refractivity contribution in [1.29, 1.82) is 0 Å². The van der Waals surface area contributed by atoms with Crippen LogP contribution < -0.4 is 5.66 Å². The summed E-state index contributed by atoms with van der Waals surface area (Å²) < 4.78 is 24.9. The number of aliphatic hydroxyl groups is 1. The highest BCUT2D eigenvalue weighted by molar-refractivity contribution is 7.96. The largest absolute Gasteiger partial charge is 0.532 e. The van der Waals surface area contributed by atoms with Crippen molar-refractivity contribution in [3.8, 4) is 0 Å². The van der Waals surface area contributed by atoms with E-state index in [0.717, 1.165) is 14.8 Å². The molecule has 3 rings (SSSR count). The van der Waals surface area contributed by atoms with Crippen LogP contribution in [0, 0.1) is 0 Å². The molecule has 0 aromatic carbocycles. The van der Waals surface area contributed by atoms with Gasteiger partial charge >= 0.3 is 7.12 Å². The molecule has 8 heteroatoms. The van der Waals surface area contributed by atoms with E-state index in [1.54, 1.807) is 25.2 Å². The summed E-state index contributed by atoms with van der Waals surface area (Å²) in [6.45, 7) is 15.3. The van der Waals surface area contributed by atoms with Crippen molar-refractivity contribution in [3.05, 3.63) is 34.9 Å². The number of hydrogen-bond donors (Lipinski definition) is 1. The van der Waals surface area contributed by atoms with Crippen molar-refractivity contribution in [2.24, 2.45) is 0 Å². The summed E-state index contributed by atoms with van der Waals surface area (Å²) in [5.74, 6) is 0.738. The van der Waals surface area contributed by atoms with Gasteiger partial charge in [-0.05, 0) is 91.8 Å². The van der Waals surface area contributed by atoms with Gasteiger partial charge < -0.3 is 23.0 Å². The Morgan fingerprint density at radius 2 is 1.63 bits per heavy atom. The van der Waals surface area contributed by atoms with E-state index < -0.39 is 29.5 Å². The van der Waals surface area contributed by atoms with Gasteiger partial charge in [-0.2, -0.15) is 0 Å². The van der Waals surface area contributed by atoms with E-state index in [9.17, 15) is 5.11 Å². The van der Waals surface area contributed by atoms with Crippen LogP contribution in [0.3, 0.4) is 0 Å². The molecule has 0 unspecified atom stereocenters. The van der Waals surface area contributed by atoms with Gasteiger partial charge in [-0.3, -0.25) is 0 Å². The molecule has 2 aromatic heterocycles. The smallest absolute Gasteiger partial charge is 0.465 e. The molecular formula is C22H31BO5S2. The normalized spacial score (nSPS) is 19.2. The van der Waals surface area contributed by atoms with E-state index in [1.165, 1.54) is 12.0 Å². The Kier molecular flexibility index (Phi) is 6.42. The molecule has 0 bridgehead atoms. The standard InChI is InChI=1S/C22H31BO5S2/c1-19(2,24)20(3,4)28-30-18-14-12-16(29-18)11-9-15-10-13-17(25-15)23-26-21(5,6)22(7,8)27-23/h9-14,24H,1-8H3/b11-9+. The third-order valence-electron chi connectivity index (χ3n) is 5.95. The molecule has 3 heterocycles.